The highest BCUT2D eigenvalue weighted by Crippen LogP contribution is 2.28. The Morgan fingerprint density at radius 2 is 1.80 bits per heavy atom. The number of carbonyl (C=O) groups excluding carboxylic acids is 3. The Hall–Kier alpha value is -3.47. The van der Waals surface area contributed by atoms with Crippen molar-refractivity contribution in [3.63, 3.8) is 0 Å². The Bertz CT molecular complexity index is 1320. The molecule has 1 saturated heterocycles. The third-order valence-corrected chi connectivity index (χ3v) is 8.79. The van der Waals surface area contributed by atoms with Gasteiger partial charge in [-0.2, -0.15) is 0 Å². The van der Waals surface area contributed by atoms with E-state index in [1.807, 2.05) is 53.9 Å². The van der Waals surface area contributed by atoms with E-state index in [9.17, 15) is 14.4 Å². The van der Waals surface area contributed by atoms with E-state index < -0.39 is 12.1 Å². The van der Waals surface area contributed by atoms with E-state index in [4.69, 9.17) is 9.47 Å². The lowest BCUT2D eigenvalue weighted by Gasteiger charge is -2.34. The van der Waals surface area contributed by atoms with Crippen LogP contribution in [0, 0.1) is 0 Å². The highest BCUT2D eigenvalue weighted by atomic mass is 32.1. The number of fused-ring (bicyclic) bond motifs is 1. The van der Waals surface area contributed by atoms with Crippen LogP contribution in [0.15, 0.2) is 53.9 Å². The number of carbonyl (C=O) groups is 3. The maximum absolute atomic E-state index is 14.2. The smallest absolute Gasteiger partial charge is 0.249 e. The fourth-order valence-electron chi connectivity index (χ4n) is 5.20. The van der Waals surface area contributed by atoms with E-state index in [0.717, 1.165) is 40.6 Å². The zero-order valence-corrected chi connectivity index (χ0v) is 25.0. The van der Waals surface area contributed by atoms with Crippen LogP contribution in [-0.2, 0) is 32.0 Å². The molecule has 3 atom stereocenters. The maximum atomic E-state index is 14.2. The predicted octanol–water partition coefficient (Wildman–Crippen LogP) is 2.86. The summed E-state index contributed by atoms with van der Waals surface area (Å²) < 4.78 is 12.1. The van der Waals surface area contributed by atoms with E-state index in [0.29, 0.717) is 25.2 Å². The van der Waals surface area contributed by atoms with Gasteiger partial charge in [-0.15, -0.1) is 11.3 Å². The molecule has 3 aromatic rings. The maximum Gasteiger partial charge on any atom is 0.249 e. The summed E-state index contributed by atoms with van der Waals surface area (Å²) in [6, 6.07) is 14.1. The molecule has 2 heterocycles. The number of benzene rings is 2. The Balaban J connectivity index is 1.56. The van der Waals surface area contributed by atoms with Gasteiger partial charge in [-0.05, 0) is 59.5 Å². The number of ether oxygens (including phenoxy) is 2. The lowest BCUT2D eigenvalue weighted by Crippen LogP contribution is -2.56. The molecule has 1 aliphatic rings. The van der Waals surface area contributed by atoms with Gasteiger partial charge in [-0.25, -0.2) is 0 Å². The van der Waals surface area contributed by atoms with Crippen LogP contribution in [-0.4, -0.2) is 93.7 Å². The van der Waals surface area contributed by atoms with Crippen LogP contribution in [0.1, 0.15) is 24.0 Å². The largest absolute Gasteiger partial charge is 0.497 e. The Labute approximate surface area is 245 Å². The standard InChI is InChI=1S/C31H40N4O5S/c1-32-30(37)26(16-21-11-13-24(39-4)14-12-21)35(3)31(38)27(17-22-20-41-28-10-6-5-9-25(22)28)34(2)29(36)19-40-18-23-8-7-15-33-23/h5-6,9-14,20,23,26-27,33H,7-8,15-19H2,1-4H3,(H,32,37). The fraction of sp³-hybridized carbons (Fsp3) is 0.452. The van der Waals surface area contributed by atoms with Crippen molar-refractivity contribution >= 4 is 39.1 Å². The summed E-state index contributed by atoms with van der Waals surface area (Å²) in [7, 11) is 6.43. The third kappa shape index (κ3) is 7.63. The van der Waals surface area contributed by atoms with Crippen molar-refractivity contribution in [2.24, 2.45) is 0 Å². The summed E-state index contributed by atoms with van der Waals surface area (Å²) in [5.41, 5.74) is 1.87. The first-order valence-corrected chi connectivity index (χ1v) is 14.8. The van der Waals surface area contributed by atoms with E-state index in [2.05, 4.69) is 10.6 Å². The van der Waals surface area contributed by atoms with E-state index >= 15 is 0 Å². The van der Waals surface area contributed by atoms with E-state index in [1.54, 1.807) is 39.6 Å². The molecule has 0 aliphatic carbocycles. The predicted molar refractivity (Wildman–Crippen MR) is 161 cm³/mol. The van der Waals surface area contributed by atoms with Gasteiger partial charge in [0.15, 0.2) is 0 Å². The van der Waals surface area contributed by atoms with Crippen LogP contribution >= 0.6 is 11.3 Å². The average molecular weight is 581 g/mol. The number of hydrogen-bond acceptors (Lipinski definition) is 7. The van der Waals surface area contributed by atoms with Gasteiger partial charge in [-0.1, -0.05) is 30.3 Å². The molecule has 10 heteroatoms. The van der Waals surface area contributed by atoms with Crippen molar-refractivity contribution < 1.29 is 23.9 Å². The second-order valence-electron chi connectivity index (χ2n) is 10.4. The molecule has 2 N–H and O–H groups in total. The van der Waals surface area contributed by atoms with Gasteiger partial charge in [0.1, 0.15) is 24.4 Å². The number of hydrogen-bond donors (Lipinski definition) is 2. The van der Waals surface area contributed by atoms with E-state index in [-0.39, 0.29) is 30.4 Å². The molecule has 0 spiro atoms. The molecule has 1 aromatic heterocycles. The number of methoxy groups -OCH3 is 1. The molecule has 9 nitrogen and oxygen atoms in total. The molecule has 220 valence electrons. The van der Waals surface area contributed by atoms with Gasteiger partial charge >= 0.3 is 0 Å². The molecule has 4 rings (SSSR count). The van der Waals surface area contributed by atoms with Crippen LogP contribution in [0.3, 0.4) is 0 Å². The molecule has 3 amide bonds. The first-order valence-electron chi connectivity index (χ1n) is 14.0. The minimum Gasteiger partial charge on any atom is -0.497 e. The molecular weight excluding hydrogens is 540 g/mol. The van der Waals surface area contributed by atoms with Gasteiger partial charge < -0.3 is 29.9 Å². The fourth-order valence-corrected chi connectivity index (χ4v) is 6.17. The minimum atomic E-state index is -0.818. The molecule has 2 aromatic carbocycles. The van der Waals surface area contributed by atoms with Gasteiger partial charge in [0.25, 0.3) is 0 Å². The SMILES string of the molecule is CNC(=O)C(Cc1ccc(OC)cc1)N(C)C(=O)C(Cc1csc2ccccc12)N(C)C(=O)COCC1CCCN1. The summed E-state index contributed by atoms with van der Waals surface area (Å²) in [4.78, 5) is 43.5. The first-order chi connectivity index (χ1) is 19.8. The van der Waals surface area contributed by atoms with Gasteiger partial charge in [0, 0.05) is 44.7 Å². The van der Waals surface area contributed by atoms with Gasteiger partial charge in [0.05, 0.1) is 13.7 Å². The van der Waals surface area contributed by atoms with E-state index in [1.165, 1.54) is 9.80 Å². The number of likely N-dealkylation sites (N-methyl/N-ethyl adjacent to an activating group) is 3. The Morgan fingerprint density at radius 3 is 2.49 bits per heavy atom. The van der Waals surface area contributed by atoms with Crippen LogP contribution in [0.2, 0.25) is 0 Å². The lowest BCUT2D eigenvalue weighted by atomic mass is 10.00. The van der Waals surface area contributed by atoms with Crippen molar-refractivity contribution in [1.82, 2.24) is 20.4 Å². The number of rotatable bonds is 13. The summed E-state index contributed by atoms with van der Waals surface area (Å²) in [5, 5.41) is 9.16. The van der Waals surface area contributed by atoms with Crippen molar-refractivity contribution in [2.45, 2.75) is 43.8 Å². The summed E-state index contributed by atoms with van der Waals surface area (Å²) in [6.07, 6.45) is 2.76. The highest BCUT2D eigenvalue weighted by Gasteiger charge is 2.35. The third-order valence-electron chi connectivity index (χ3n) is 7.78. The molecule has 1 fully saturated rings. The lowest BCUT2D eigenvalue weighted by molar-refractivity contribution is -0.149. The summed E-state index contributed by atoms with van der Waals surface area (Å²) in [5.74, 6) is -0.154. The molecule has 0 saturated carbocycles. The Kier molecular flexibility index (Phi) is 10.7. The van der Waals surface area contributed by atoms with Gasteiger partial charge in [0.2, 0.25) is 17.7 Å². The van der Waals surface area contributed by atoms with Crippen LogP contribution in [0.4, 0.5) is 0 Å². The number of nitrogens with one attached hydrogen (secondary N) is 2. The van der Waals surface area contributed by atoms with Crippen LogP contribution in [0.5, 0.6) is 5.75 Å². The van der Waals surface area contributed by atoms with Crippen LogP contribution < -0.4 is 15.4 Å². The zero-order valence-electron chi connectivity index (χ0n) is 24.2. The molecule has 0 bridgehead atoms. The average Bonchev–Trinajstić information content (AvgIpc) is 3.67. The first kappa shape index (κ1) is 30.5. The second-order valence-corrected chi connectivity index (χ2v) is 11.3. The number of thiophene rings is 1. The second kappa shape index (κ2) is 14.4. The highest BCUT2D eigenvalue weighted by molar-refractivity contribution is 7.17. The topological polar surface area (TPSA) is 100 Å². The summed E-state index contributed by atoms with van der Waals surface area (Å²) >= 11 is 1.61. The van der Waals surface area contributed by atoms with Crippen molar-refractivity contribution in [3.05, 3.63) is 65.0 Å². The zero-order chi connectivity index (χ0) is 29.4. The van der Waals surface area contributed by atoms with Gasteiger partial charge in [-0.3, -0.25) is 14.4 Å². The molecule has 3 unspecified atom stereocenters. The van der Waals surface area contributed by atoms with Crippen molar-refractivity contribution in [2.75, 3.05) is 48.0 Å². The Morgan fingerprint density at radius 1 is 1.05 bits per heavy atom. The molecule has 1 aliphatic heterocycles. The minimum absolute atomic E-state index is 0.114. The monoisotopic (exact) mass is 580 g/mol. The van der Waals surface area contributed by atoms with Crippen LogP contribution in [0.25, 0.3) is 10.1 Å². The number of nitrogens with zero attached hydrogens (tertiary/aromatic N) is 2. The van der Waals surface area contributed by atoms with Crippen molar-refractivity contribution in [1.29, 1.82) is 0 Å². The normalized spacial score (nSPS) is 16.2. The summed E-state index contributed by atoms with van der Waals surface area (Å²) in [6.45, 7) is 1.30. The quantitative estimate of drug-likeness (QED) is 0.323. The number of amides is 3. The molecular formula is C31H40N4O5S. The molecule has 0 radical (unpaired) electrons. The van der Waals surface area contributed by atoms with Crippen molar-refractivity contribution in [3.8, 4) is 5.75 Å². The molecule has 41 heavy (non-hydrogen) atoms.